The Balaban J connectivity index is 1.81. The van der Waals surface area contributed by atoms with Gasteiger partial charge in [0.1, 0.15) is 5.65 Å². The van der Waals surface area contributed by atoms with Crippen LogP contribution >= 0.6 is 15.9 Å². The zero-order chi connectivity index (χ0) is 14.9. The molecule has 0 radical (unpaired) electrons. The van der Waals surface area contributed by atoms with E-state index in [9.17, 15) is 0 Å². The van der Waals surface area contributed by atoms with Crippen molar-refractivity contribution >= 4 is 27.0 Å². The van der Waals surface area contributed by atoms with Crippen LogP contribution in [0, 0.1) is 0 Å². The number of nitrogens with one attached hydrogen (secondary N) is 1. The molecule has 0 aliphatic rings. The molecule has 0 aliphatic carbocycles. The predicted molar refractivity (Wildman–Crippen MR) is 94.7 cm³/mol. The minimum atomic E-state index is 0.900. The molecule has 22 heavy (non-hydrogen) atoms. The Bertz CT molecular complexity index is 925. The van der Waals surface area contributed by atoms with Gasteiger partial charge < -0.3 is 4.98 Å². The van der Waals surface area contributed by atoms with E-state index in [1.54, 1.807) is 0 Å². The van der Waals surface area contributed by atoms with E-state index in [1.807, 2.05) is 18.5 Å². The molecule has 0 unspecified atom stereocenters. The molecule has 0 amide bonds. The zero-order valence-electron chi connectivity index (χ0n) is 11.8. The lowest BCUT2D eigenvalue weighted by Gasteiger charge is -2.06. The third-order valence-corrected chi connectivity index (χ3v) is 4.45. The monoisotopic (exact) mass is 348 g/mol. The summed E-state index contributed by atoms with van der Waals surface area (Å²) in [6, 6.07) is 21.1. The molecule has 2 heterocycles. The summed E-state index contributed by atoms with van der Waals surface area (Å²) in [7, 11) is 0. The molecule has 1 N–H and O–H groups in total. The van der Waals surface area contributed by atoms with Gasteiger partial charge in [-0.1, -0.05) is 54.6 Å². The van der Waals surface area contributed by atoms with Crippen LogP contribution in [0.3, 0.4) is 0 Å². The highest BCUT2D eigenvalue weighted by Gasteiger charge is 2.09. The van der Waals surface area contributed by atoms with Gasteiger partial charge in [-0.3, -0.25) is 0 Å². The Kier molecular flexibility index (Phi) is 3.28. The Morgan fingerprint density at radius 1 is 0.773 bits per heavy atom. The van der Waals surface area contributed by atoms with Gasteiger partial charge in [0.15, 0.2) is 0 Å². The predicted octanol–water partition coefficient (Wildman–Crippen LogP) is 5.66. The lowest BCUT2D eigenvalue weighted by Crippen LogP contribution is -1.83. The van der Waals surface area contributed by atoms with E-state index in [-0.39, 0.29) is 0 Å². The van der Waals surface area contributed by atoms with Crippen molar-refractivity contribution in [2.45, 2.75) is 0 Å². The number of halogens is 1. The lowest BCUT2D eigenvalue weighted by atomic mass is 9.99. The van der Waals surface area contributed by atoms with Gasteiger partial charge in [-0.15, -0.1) is 0 Å². The van der Waals surface area contributed by atoms with E-state index >= 15 is 0 Å². The molecule has 0 saturated carbocycles. The molecular weight excluding hydrogens is 336 g/mol. The van der Waals surface area contributed by atoms with Gasteiger partial charge in [-0.2, -0.15) is 0 Å². The van der Waals surface area contributed by atoms with Gasteiger partial charge in [0.05, 0.1) is 0 Å². The van der Waals surface area contributed by atoms with E-state index in [0.717, 1.165) is 15.5 Å². The van der Waals surface area contributed by atoms with Crippen molar-refractivity contribution in [3.63, 3.8) is 0 Å². The maximum atomic E-state index is 4.37. The minimum Gasteiger partial charge on any atom is -0.345 e. The van der Waals surface area contributed by atoms with Gasteiger partial charge in [0.25, 0.3) is 0 Å². The fourth-order valence-corrected chi connectivity index (χ4v) is 3.25. The Morgan fingerprint density at radius 3 is 2.23 bits per heavy atom. The molecule has 0 spiro atoms. The molecule has 2 nitrogen and oxygen atoms in total. The molecule has 0 fully saturated rings. The number of rotatable bonds is 2. The van der Waals surface area contributed by atoms with E-state index in [0.29, 0.717) is 0 Å². The number of hydrogen-bond acceptors (Lipinski definition) is 1. The summed E-state index contributed by atoms with van der Waals surface area (Å²) < 4.78 is 1.04. The fraction of sp³-hybridized carbons (Fsp3) is 0. The third kappa shape index (κ3) is 2.24. The van der Waals surface area contributed by atoms with Gasteiger partial charge >= 0.3 is 0 Å². The number of aromatic amines is 1. The zero-order valence-corrected chi connectivity index (χ0v) is 13.3. The molecular formula is C19H13BrN2. The van der Waals surface area contributed by atoms with Crippen LogP contribution in [0.15, 0.2) is 77.5 Å². The molecule has 0 aliphatic heterocycles. The second kappa shape index (κ2) is 5.43. The summed E-state index contributed by atoms with van der Waals surface area (Å²) in [6.45, 7) is 0. The Labute approximate surface area is 137 Å². The maximum absolute atomic E-state index is 4.37. The quantitative estimate of drug-likeness (QED) is 0.497. The van der Waals surface area contributed by atoms with Crippen molar-refractivity contribution in [3.8, 4) is 22.3 Å². The molecule has 106 valence electrons. The summed E-state index contributed by atoms with van der Waals surface area (Å²) in [4.78, 5) is 7.55. The topological polar surface area (TPSA) is 28.7 Å². The summed E-state index contributed by atoms with van der Waals surface area (Å²) in [5, 5.41) is 1.12. The highest BCUT2D eigenvalue weighted by atomic mass is 79.9. The summed E-state index contributed by atoms with van der Waals surface area (Å²) in [5.41, 5.74) is 5.72. The number of aromatic nitrogens is 2. The first-order valence-corrected chi connectivity index (χ1v) is 7.90. The van der Waals surface area contributed by atoms with Gasteiger partial charge in [0.2, 0.25) is 0 Å². The minimum absolute atomic E-state index is 0.900. The first kappa shape index (κ1) is 13.3. The van der Waals surface area contributed by atoms with Crippen molar-refractivity contribution < 1.29 is 0 Å². The molecule has 0 bridgehead atoms. The molecule has 2 aromatic carbocycles. The molecule has 0 atom stereocenters. The van der Waals surface area contributed by atoms with Gasteiger partial charge in [0, 0.05) is 22.3 Å². The van der Waals surface area contributed by atoms with Crippen LogP contribution in [0.4, 0.5) is 0 Å². The van der Waals surface area contributed by atoms with E-state index in [2.05, 4.69) is 80.5 Å². The number of fused-ring (bicyclic) bond motifs is 1. The summed E-state index contributed by atoms with van der Waals surface area (Å²) in [5.74, 6) is 0. The largest absolute Gasteiger partial charge is 0.345 e. The van der Waals surface area contributed by atoms with Crippen LogP contribution < -0.4 is 0 Å². The smallest absolute Gasteiger partial charge is 0.139 e. The van der Waals surface area contributed by atoms with E-state index in [1.165, 1.54) is 22.3 Å². The number of hydrogen-bond donors (Lipinski definition) is 1. The van der Waals surface area contributed by atoms with Crippen LogP contribution in [0.1, 0.15) is 0 Å². The summed E-state index contributed by atoms with van der Waals surface area (Å²) >= 11 is 3.59. The molecule has 2 aromatic heterocycles. The second-order valence-electron chi connectivity index (χ2n) is 5.16. The first-order chi connectivity index (χ1) is 10.8. The Hall–Kier alpha value is -2.39. The number of benzene rings is 2. The van der Waals surface area contributed by atoms with Crippen molar-refractivity contribution in [2.24, 2.45) is 0 Å². The van der Waals surface area contributed by atoms with Gasteiger partial charge in [-0.25, -0.2) is 4.98 Å². The normalized spacial score (nSPS) is 11.0. The first-order valence-electron chi connectivity index (χ1n) is 7.10. The van der Waals surface area contributed by atoms with Crippen LogP contribution in [0.2, 0.25) is 0 Å². The van der Waals surface area contributed by atoms with Gasteiger partial charge in [-0.05, 0) is 44.3 Å². The van der Waals surface area contributed by atoms with Crippen molar-refractivity contribution in [1.29, 1.82) is 0 Å². The van der Waals surface area contributed by atoms with Crippen LogP contribution in [-0.2, 0) is 0 Å². The lowest BCUT2D eigenvalue weighted by molar-refractivity contribution is 1.32. The highest BCUT2D eigenvalue weighted by Crippen LogP contribution is 2.33. The Morgan fingerprint density at radius 2 is 1.45 bits per heavy atom. The number of pyridine rings is 1. The summed E-state index contributed by atoms with van der Waals surface area (Å²) in [6.07, 6.45) is 3.77. The molecule has 4 rings (SSSR count). The van der Waals surface area contributed by atoms with E-state index in [4.69, 9.17) is 0 Å². The van der Waals surface area contributed by atoms with Crippen LogP contribution in [0.5, 0.6) is 0 Å². The van der Waals surface area contributed by atoms with Crippen LogP contribution in [-0.4, -0.2) is 9.97 Å². The fourth-order valence-electron chi connectivity index (χ4n) is 2.73. The standard InChI is InChI=1S/C19H13BrN2/c20-17-12-22-19-18(17)16(10-11-21-19)15-8-6-14(7-9-15)13-4-2-1-3-5-13/h1-12H,(H,21,22). The van der Waals surface area contributed by atoms with Crippen LogP contribution in [0.25, 0.3) is 33.3 Å². The number of nitrogens with zero attached hydrogens (tertiary/aromatic N) is 1. The SMILES string of the molecule is Brc1c[nH]c2nccc(-c3ccc(-c4ccccc4)cc3)c12. The average molecular weight is 349 g/mol. The van der Waals surface area contributed by atoms with E-state index < -0.39 is 0 Å². The molecule has 4 aromatic rings. The maximum Gasteiger partial charge on any atom is 0.139 e. The molecule has 0 saturated heterocycles. The van der Waals surface area contributed by atoms with Crippen molar-refractivity contribution in [1.82, 2.24) is 9.97 Å². The second-order valence-corrected chi connectivity index (χ2v) is 6.02. The van der Waals surface area contributed by atoms with Crippen molar-refractivity contribution in [3.05, 3.63) is 77.5 Å². The van der Waals surface area contributed by atoms with Crippen molar-refractivity contribution in [2.75, 3.05) is 0 Å². The average Bonchev–Trinajstić information content (AvgIpc) is 2.97. The number of H-pyrrole nitrogens is 1. The third-order valence-electron chi connectivity index (χ3n) is 3.83. The molecule has 3 heteroatoms. The highest BCUT2D eigenvalue weighted by molar-refractivity contribution is 9.10.